The normalized spacial score (nSPS) is 10.1. The van der Waals surface area contributed by atoms with E-state index in [9.17, 15) is 10.1 Å². The van der Waals surface area contributed by atoms with Gasteiger partial charge in [-0.3, -0.25) is 10.1 Å². The van der Waals surface area contributed by atoms with E-state index in [0.717, 1.165) is 4.88 Å². The van der Waals surface area contributed by atoms with Gasteiger partial charge in [-0.2, -0.15) is 0 Å². The van der Waals surface area contributed by atoms with E-state index in [2.05, 4.69) is 4.98 Å². The minimum absolute atomic E-state index is 0.00585. The van der Waals surface area contributed by atoms with Crippen molar-refractivity contribution in [2.75, 3.05) is 5.73 Å². The summed E-state index contributed by atoms with van der Waals surface area (Å²) in [4.78, 5) is 14.8. The SMILES string of the molecule is Nc1ncc(COc2cccc([N+](=O)[O-])c2)s1. The molecule has 88 valence electrons. The number of aromatic nitrogens is 1. The van der Waals surface area contributed by atoms with Gasteiger partial charge in [-0.15, -0.1) is 0 Å². The Morgan fingerprint density at radius 2 is 2.35 bits per heavy atom. The molecule has 0 bridgehead atoms. The number of benzene rings is 1. The second kappa shape index (κ2) is 4.79. The lowest BCUT2D eigenvalue weighted by Crippen LogP contribution is -1.94. The molecule has 2 aromatic rings. The van der Waals surface area contributed by atoms with Crippen molar-refractivity contribution in [1.29, 1.82) is 0 Å². The topological polar surface area (TPSA) is 91.3 Å². The van der Waals surface area contributed by atoms with Gasteiger partial charge < -0.3 is 10.5 Å². The lowest BCUT2D eigenvalue weighted by molar-refractivity contribution is -0.384. The van der Waals surface area contributed by atoms with E-state index in [4.69, 9.17) is 10.5 Å². The third-order valence-corrected chi connectivity index (χ3v) is 2.78. The van der Waals surface area contributed by atoms with Crippen LogP contribution >= 0.6 is 11.3 Å². The van der Waals surface area contributed by atoms with Gasteiger partial charge in [0.25, 0.3) is 5.69 Å². The Morgan fingerprint density at radius 1 is 1.53 bits per heavy atom. The van der Waals surface area contributed by atoms with Crippen molar-refractivity contribution in [3.05, 3.63) is 45.5 Å². The Hall–Kier alpha value is -2.15. The Balaban J connectivity index is 2.04. The molecule has 0 unspecified atom stereocenters. The molecule has 0 radical (unpaired) electrons. The molecule has 1 heterocycles. The molecule has 0 fully saturated rings. The van der Waals surface area contributed by atoms with Crippen LogP contribution in [0.25, 0.3) is 0 Å². The molecule has 0 spiro atoms. The van der Waals surface area contributed by atoms with Crippen LogP contribution in [-0.2, 0) is 6.61 Å². The minimum Gasteiger partial charge on any atom is -0.488 e. The molecule has 0 saturated carbocycles. The van der Waals surface area contributed by atoms with E-state index in [-0.39, 0.29) is 5.69 Å². The van der Waals surface area contributed by atoms with Gasteiger partial charge in [-0.25, -0.2) is 4.98 Å². The van der Waals surface area contributed by atoms with Crippen LogP contribution in [-0.4, -0.2) is 9.91 Å². The van der Waals surface area contributed by atoms with Gasteiger partial charge in [-0.05, 0) is 6.07 Å². The zero-order chi connectivity index (χ0) is 12.3. The number of nitrogens with two attached hydrogens (primary N) is 1. The number of nitro benzene ring substituents is 1. The number of ether oxygens (including phenoxy) is 1. The third kappa shape index (κ3) is 2.91. The first-order valence-electron chi connectivity index (χ1n) is 4.72. The number of hydrogen-bond acceptors (Lipinski definition) is 6. The quantitative estimate of drug-likeness (QED) is 0.664. The number of rotatable bonds is 4. The molecule has 2 rings (SSSR count). The maximum atomic E-state index is 10.6. The number of thiazole rings is 1. The fourth-order valence-electron chi connectivity index (χ4n) is 1.23. The van der Waals surface area contributed by atoms with E-state index < -0.39 is 4.92 Å². The Kier molecular flexibility index (Phi) is 3.20. The van der Waals surface area contributed by atoms with E-state index in [1.807, 2.05) is 0 Å². The second-order valence-corrected chi connectivity index (χ2v) is 4.35. The molecule has 0 aliphatic carbocycles. The van der Waals surface area contributed by atoms with Gasteiger partial charge in [0, 0.05) is 12.3 Å². The molecular weight excluding hydrogens is 242 g/mol. The fraction of sp³-hybridized carbons (Fsp3) is 0.100. The molecule has 0 amide bonds. The second-order valence-electron chi connectivity index (χ2n) is 3.21. The highest BCUT2D eigenvalue weighted by molar-refractivity contribution is 7.15. The lowest BCUT2D eigenvalue weighted by atomic mass is 10.3. The van der Waals surface area contributed by atoms with Crippen LogP contribution in [0.4, 0.5) is 10.8 Å². The average molecular weight is 251 g/mol. The van der Waals surface area contributed by atoms with E-state index in [1.54, 1.807) is 18.3 Å². The minimum atomic E-state index is -0.461. The summed E-state index contributed by atoms with van der Waals surface area (Å²) < 4.78 is 5.41. The summed E-state index contributed by atoms with van der Waals surface area (Å²) in [5.74, 6) is 0.450. The Bertz CT molecular complexity index is 541. The molecule has 1 aromatic carbocycles. The van der Waals surface area contributed by atoms with Crippen molar-refractivity contribution in [1.82, 2.24) is 4.98 Å². The average Bonchev–Trinajstić information content (AvgIpc) is 2.73. The predicted molar refractivity (Wildman–Crippen MR) is 64.0 cm³/mol. The molecule has 0 aliphatic heterocycles. The predicted octanol–water partition coefficient (Wildman–Crippen LogP) is 2.21. The van der Waals surface area contributed by atoms with E-state index in [0.29, 0.717) is 17.5 Å². The number of nitrogen functional groups attached to an aromatic ring is 1. The summed E-state index contributed by atoms with van der Waals surface area (Å²) in [6, 6.07) is 6.04. The highest BCUT2D eigenvalue weighted by Crippen LogP contribution is 2.21. The zero-order valence-electron chi connectivity index (χ0n) is 8.70. The number of nitro groups is 1. The maximum absolute atomic E-state index is 10.6. The van der Waals surface area contributed by atoms with Crippen LogP contribution in [0.5, 0.6) is 5.75 Å². The third-order valence-electron chi connectivity index (χ3n) is 1.98. The van der Waals surface area contributed by atoms with Gasteiger partial charge in [0.1, 0.15) is 12.4 Å². The van der Waals surface area contributed by atoms with Gasteiger partial charge >= 0.3 is 0 Å². The van der Waals surface area contributed by atoms with Gasteiger partial charge in [-0.1, -0.05) is 17.4 Å². The van der Waals surface area contributed by atoms with Crippen molar-refractivity contribution in [2.24, 2.45) is 0 Å². The molecule has 0 aliphatic rings. The monoisotopic (exact) mass is 251 g/mol. The van der Waals surface area contributed by atoms with Crippen LogP contribution < -0.4 is 10.5 Å². The highest BCUT2D eigenvalue weighted by atomic mass is 32.1. The highest BCUT2D eigenvalue weighted by Gasteiger charge is 2.07. The van der Waals surface area contributed by atoms with E-state index in [1.165, 1.54) is 23.5 Å². The largest absolute Gasteiger partial charge is 0.488 e. The zero-order valence-corrected chi connectivity index (χ0v) is 9.52. The summed E-state index contributed by atoms with van der Waals surface area (Å²) in [6.07, 6.45) is 1.62. The van der Waals surface area contributed by atoms with Crippen LogP contribution in [0.15, 0.2) is 30.5 Å². The van der Waals surface area contributed by atoms with Crippen molar-refractivity contribution < 1.29 is 9.66 Å². The molecule has 6 nitrogen and oxygen atoms in total. The molecule has 2 N–H and O–H groups in total. The number of nitrogens with zero attached hydrogens (tertiary/aromatic N) is 2. The van der Waals surface area contributed by atoms with Crippen molar-refractivity contribution in [3.63, 3.8) is 0 Å². The summed E-state index contributed by atoms with van der Waals surface area (Å²) in [6.45, 7) is 0.302. The van der Waals surface area contributed by atoms with Gasteiger partial charge in [0.15, 0.2) is 5.13 Å². The molecular formula is C10H9N3O3S. The summed E-state index contributed by atoms with van der Waals surface area (Å²) in [5.41, 5.74) is 5.48. The molecule has 0 saturated heterocycles. The van der Waals surface area contributed by atoms with Crippen LogP contribution in [0.2, 0.25) is 0 Å². The first-order chi connectivity index (χ1) is 8.15. The lowest BCUT2D eigenvalue weighted by Gasteiger charge is -2.03. The van der Waals surface area contributed by atoms with Crippen LogP contribution in [0.1, 0.15) is 4.88 Å². The van der Waals surface area contributed by atoms with Crippen molar-refractivity contribution >= 4 is 22.2 Å². The first kappa shape index (κ1) is 11.3. The standard InChI is InChI=1S/C10H9N3O3S/c11-10-12-5-9(17-10)6-16-8-3-1-2-7(4-8)13(14)15/h1-5H,6H2,(H2,11,12). The summed E-state index contributed by atoms with van der Waals surface area (Å²) in [5, 5.41) is 11.0. The first-order valence-corrected chi connectivity index (χ1v) is 5.54. The molecule has 7 heteroatoms. The van der Waals surface area contributed by atoms with Crippen LogP contribution in [0.3, 0.4) is 0 Å². The summed E-state index contributed by atoms with van der Waals surface area (Å²) >= 11 is 1.33. The number of anilines is 1. The maximum Gasteiger partial charge on any atom is 0.273 e. The smallest absolute Gasteiger partial charge is 0.273 e. The Morgan fingerprint density at radius 3 is 3.00 bits per heavy atom. The molecule has 17 heavy (non-hydrogen) atoms. The Labute approximate surface area is 101 Å². The number of hydrogen-bond donors (Lipinski definition) is 1. The van der Waals surface area contributed by atoms with Crippen molar-refractivity contribution in [2.45, 2.75) is 6.61 Å². The summed E-state index contributed by atoms with van der Waals surface area (Å²) in [7, 11) is 0. The van der Waals surface area contributed by atoms with Crippen LogP contribution in [0, 0.1) is 10.1 Å². The molecule has 0 atom stereocenters. The molecule has 1 aromatic heterocycles. The van der Waals surface area contributed by atoms with Crippen molar-refractivity contribution in [3.8, 4) is 5.75 Å². The van der Waals surface area contributed by atoms with E-state index >= 15 is 0 Å². The van der Waals surface area contributed by atoms with Gasteiger partial charge in [0.05, 0.1) is 15.9 Å². The number of non-ortho nitro benzene ring substituents is 1. The van der Waals surface area contributed by atoms with Gasteiger partial charge in [0.2, 0.25) is 0 Å². The fourth-order valence-corrected chi connectivity index (χ4v) is 1.83.